The van der Waals surface area contributed by atoms with E-state index in [2.05, 4.69) is 5.90 Å². The summed E-state index contributed by atoms with van der Waals surface area (Å²) < 4.78 is 15.8. The predicted octanol–water partition coefficient (Wildman–Crippen LogP) is -1.34. The van der Waals surface area contributed by atoms with Crippen LogP contribution in [0.3, 0.4) is 0 Å². The van der Waals surface area contributed by atoms with E-state index in [1.54, 1.807) is 0 Å². The third-order valence-corrected chi connectivity index (χ3v) is 0. The monoisotopic (exact) mass is 114 g/mol. The Hall–Kier alpha value is 0.394. The Morgan fingerprint density at radius 2 is 1.60 bits per heavy atom. The van der Waals surface area contributed by atoms with Crippen LogP contribution in [0.15, 0.2) is 0 Å². The van der Waals surface area contributed by atoms with E-state index in [1.807, 2.05) is 0 Å². The van der Waals surface area contributed by atoms with Gasteiger partial charge in [-0.2, -0.15) is 0 Å². The van der Waals surface area contributed by atoms with Gasteiger partial charge in [-0.1, -0.05) is 0 Å². The van der Waals surface area contributed by atoms with Gasteiger partial charge in [0, 0.05) is 0 Å². The summed E-state index contributed by atoms with van der Waals surface area (Å²) in [6, 6.07) is 0. The zero-order chi connectivity index (χ0) is 4.71. The molecule has 31 valence electrons. The summed E-state index contributed by atoms with van der Waals surface area (Å²) in [5.41, 5.74) is 0. The van der Waals surface area contributed by atoms with Gasteiger partial charge >= 0.3 is 26.5 Å². The first-order valence-electron chi connectivity index (χ1n) is 0.686. The Morgan fingerprint density at radius 1 is 1.60 bits per heavy atom. The average Bonchev–Trinajstić information content (AvgIpc) is 1.46. The summed E-state index contributed by atoms with van der Waals surface area (Å²) in [5.74, 6) is 3.50. The second-order valence-electron chi connectivity index (χ2n) is 0.0913. The van der Waals surface area contributed by atoms with E-state index in [4.69, 9.17) is 12.2 Å². The standard InChI is InChI=1S/H3NO.H2O.O.Ti/c1-2;;;/h2H,1H2;1H2;;/q;;;+1/p-1. The Kier molecular flexibility index (Phi) is 47.1. The molecule has 0 fully saturated rings. The van der Waals surface area contributed by atoms with Crippen molar-refractivity contribution < 1.29 is 31.7 Å². The van der Waals surface area contributed by atoms with Crippen LogP contribution in [0.4, 0.5) is 0 Å². The topological polar surface area (TPSA) is 83.5 Å². The number of hydrogen-bond acceptors (Lipinski definition) is 3. The fourth-order valence-corrected chi connectivity index (χ4v) is 0. The normalized spacial score (nSPS) is 3.00. The molecule has 0 rings (SSSR count). The Balaban J connectivity index is 0. The SMILES string of the molecule is NO.[O]=[Ti][OH]. The third kappa shape index (κ3) is 162. The fraction of sp³-hybridized carbons (Fsp3) is 0. The summed E-state index contributed by atoms with van der Waals surface area (Å²) in [4.78, 5) is 0. The quantitative estimate of drug-likeness (QED) is 0.268. The zero-order valence-corrected chi connectivity index (χ0v) is 3.94. The zero-order valence-electron chi connectivity index (χ0n) is 2.38. The molecule has 0 heterocycles. The molecule has 0 spiro atoms. The van der Waals surface area contributed by atoms with Crippen molar-refractivity contribution in [1.29, 1.82) is 0 Å². The summed E-state index contributed by atoms with van der Waals surface area (Å²) in [6.45, 7) is 0. The van der Waals surface area contributed by atoms with Crippen LogP contribution in [0.1, 0.15) is 0 Å². The molecule has 4 N–H and O–H groups in total. The molecule has 0 amide bonds. The predicted molar refractivity (Wildman–Crippen MR) is 8.88 cm³/mol. The van der Waals surface area contributed by atoms with E-state index < -0.39 is 19.5 Å². The van der Waals surface area contributed by atoms with E-state index in [0.717, 1.165) is 0 Å². The van der Waals surface area contributed by atoms with Gasteiger partial charge in [-0.05, 0) is 0 Å². The molecule has 0 aromatic rings. The summed E-state index contributed by atoms with van der Waals surface area (Å²) in [7, 11) is 0. The Labute approximate surface area is 38.3 Å². The minimum atomic E-state index is -1.75. The minimum absolute atomic E-state index is 1.75. The number of rotatable bonds is 0. The molecule has 0 saturated heterocycles. The van der Waals surface area contributed by atoms with E-state index in [9.17, 15) is 0 Å². The molecule has 4 nitrogen and oxygen atoms in total. The molecule has 0 radical (unpaired) electrons. The van der Waals surface area contributed by atoms with E-state index in [1.165, 1.54) is 0 Å². The summed E-state index contributed by atoms with van der Waals surface area (Å²) >= 11 is -1.75. The average molecular weight is 114 g/mol. The van der Waals surface area contributed by atoms with Gasteiger partial charge in [-0.25, -0.2) is 5.90 Å². The van der Waals surface area contributed by atoms with Crippen LogP contribution in [0.25, 0.3) is 0 Å². The molecule has 0 aliphatic carbocycles. The first-order chi connectivity index (χ1) is 2.41. The van der Waals surface area contributed by atoms with Crippen molar-refractivity contribution in [2.24, 2.45) is 5.90 Å². The molecule has 0 bridgehead atoms. The van der Waals surface area contributed by atoms with Crippen molar-refractivity contribution in [2.75, 3.05) is 0 Å². The fourth-order valence-electron chi connectivity index (χ4n) is 0. The van der Waals surface area contributed by atoms with E-state index in [-0.39, 0.29) is 0 Å². The van der Waals surface area contributed by atoms with Crippen LogP contribution in [-0.4, -0.2) is 8.90 Å². The van der Waals surface area contributed by atoms with Crippen molar-refractivity contribution in [3.05, 3.63) is 0 Å². The van der Waals surface area contributed by atoms with Gasteiger partial charge in [0.15, 0.2) is 0 Å². The van der Waals surface area contributed by atoms with E-state index >= 15 is 0 Å². The van der Waals surface area contributed by atoms with Crippen molar-refractivity contribution in [2.45, 2.75) is 0 Å². The molecule has 0 aromatic heterocycles. The van der Waals surface area contributed by atoms with Crippen molar-refractivity contribution in [3.63, 3.8) is 0 Å². The molecule has 0 aromatic carbocycles. The molecule has 5 heteroatoms. The van der Waals surface area contributed by atoms with Crippen LogP contribution in [-0.2, 0) is 22.8 Å². The molecule has 0 saturated carbocycles. The first-order valence-corrected chi connectivity index (χ1v) is 2.02. The van der Waals surface area contributed by atoms with Crippen molar-refractivity contribution in [1.82, 2.24) is 0 Å². The van der Waals surface area contributed by atoms with Crippen LogP contribution >= 0.6 is 0 Å². The van der Waals surface area contributed by atoms with Gasteiger partial charge < -0.3 is 5.21 Å². The molecule has 0 atom stereocenters. The molecule has 5 heavy (non-hydrogen) atoms. The first kappa shape index (κ1) is 9.04. The Bertz CT molecular complexity index is 14.4. The molecular formula is H4NO3Ti. The van der Waals surface area contributed by atoms with Crippen molar-refractivity contribution in [3.8, 4) is 0 Å². The summed E-state index contributed by atoms with van der Waals surface area (Å²) in [5, 5.41) is 6.50. The molecule has 0 aliphatic rings. The maximum atomic E-state index is 8.61. The number of nitrogens with two attached hydrogens (primary N) is 1. The van der Waals surface area contributed by atoms with Crippen LogP contribution in [0, 0.1) is 0 Å². The second kappa shape index (κ2) is 26.0. The van der Waals surface area contributed by atoms with Crippen LogP contribution in [0.5, 0.6) is 0 Å². The van der Waals surface area contributed by atoms with Gasteiger partial charge in [0.25, 0.3) is 0 Å². The van der Waals surface area contributed by atoms with Gasteiger partial charge in [0.1, 0.15) is 0 Å². The second-order valence-corrected chi connectivity index (χ2v) is 0.376. The van der Waals surface area contributed by atoms with Gasteiger partial charge in [-0.3, -0.25) is 0 Å². The molecular weight excluding hydrogens is 110 g/mol. The maximum absolute atomic E-state index is 8.61. The van der Waals surface area contributed by atoms with Crippen molar-refractivity contribution >= 4 is 0 Å². The van der Waals surface area contributed by atoms with Crippen LogP contribution < -0.4 is 5.90 Å². The van der Waals surface area contributed by atoms with Gasteiger partial charge in [0.2, 0.25) is 0 Å². The third-order valence-electron chi connectivity index (χ3n) is 0. The Morgan fingerprint density at radius 3 is 1.60 bits per heavy atom. The summed E-state index contributed by atoms with van der Waals surface area (Å²) in [6.07, 6.45) is 0. The van der Waals surface area contributed by atoms with Crippen LogP contribution in [0.2, 0.25) is 0 Å². The molecule has 0 aliphatic heterocycles. The molecule has 0 unspecified atom stereocenters. The van der Waals surface area contributed by atoms with E-state index in [0.29, 0.717) is 0 Å². The number of hydrogen-bond donors (Lipinski definition) is 3. The van der Waals surface area contributed by atoms with Gasteiger partial charge in [0.05, 0.1) is 0 Å². The van der Waals surface area contributed by atoms with Gasteiger partial charge in [-0.15, -0.1) is 0 Å².